The molecule has 0 unspecified atom stereocenters. The van der Waals surface area contributed by atoms with Crippen LogP contribution in [0, 0.1) is 0 Å². The van der Waals surface area contributed by atoms with E-state index in [0.29, 0.717) is 4.28 Å². The van der Waals surface area contributed by atoms with E-state index < -0.39 is 16.2 Å². The van der Waals surface area contributed by atoms with Crippen LogP contribution in [0.2, 0.25) is 0 Å². The maximum atomic E-state index is 10.4. The fourth-order valence-electron chi connectivity index (χ4n) is 0.320. The summed E-state index contributed by atoms with van der Waals surface area (Å²) in [6, 6.07) is 0. The minimum atomic E-state index is -1.11. The Bertz CT molecular complexity index is 137. The predicted molar refractivity (Wildman–Crippen MR) is 25.1 cm³/mol. The fourth-order valence-corrected chi connectivity index (χ4v) is 0.686. The molecule has 0 aromatic carbocycles. The van der Waals surface area contributed by atoms with Crippen molar-refractivity contribution < 1.29 is 24.7 Å². The number of carbonyl (C=O) groups excluding carboxylic acids is 1. The molecule has 0 amide bonds. The number of hydrogen-bond donors (Lipinski definition) is 0. The second-order valence-electron chi connectivity index (χ2n) is 1.32. The fraction of sp³-hybridized carbons (Fsp3) is 0.400. The van der Waals surface area contributed by atoms with Gasteiger partial charge < -0.3 is 0 Å². The van der Waals surface area contributed by atoms with E-state index in [2.05, 4.69) is 0 Å². The summed E-state index contributed by atoms with van der Waals surface area (Å²) < 4.78 is 10.6. The monoisotopic (exact) mass is 150 g/mol. The predicted octanol–water partition coefficient (Wildman–Crippen LogP) is 0.907. The van der Waals surface area contributed by atoms with Crippen molar-refractivity contribution in [3.05, 3.63) is 10.4 Å². The SMILES string of the molecule is CC=[C]([V]=[O])C(C)=O. The van der Waals surface area contributed by atoms with Crippen molar-refractivity contribution in [1.82, 2.24) is 0 Å². The molecule has 0 radical (unpaired) electrons. The number of carbonyl (C=O) groups is 1. The molecule has 0 aliphatic heterocycles. The third-order valence-electron chi connectivity index (χ3n) is 0.732. The number of Topliss-reactive ketones (excluding diaryl/α,β-unsaturated/α-hetero) is 1. The van der Waals surface area contributed by atoms with E-state index in [9.17, 15) is 8.47 Å². The number of hydrogen-bond acceptors (Lipinski definition) is 2. The van der Waals surface area contributed by atoms with Gasteiger partial charge in [0.05, 0.1) is 0 Å². The Morgan fingerprint density at radius 2 is 2.12 bits per heavy atom. The van der Waals surface area contributed by atoms with Crippen LogP contribution in [0.1, 0.15) is 13.8 Å². The molecule has 0 rings (SSSR count). The first-order valence-electron chi connectivity index (χ1n) is 2.23. The maximum absolute atomic E-state index is 10.4. The third kappa shape index (κ3) is 2.19. The summed E-state index contributed by atoms with van der Waals surface area (Å²) >= 11 is -1.11. The molecular weight excluding hydrogens is 143 g/mol. The van der Waals surface area contributed by atoms with Crippen LogP contribution in [0.15, 0.2) is 10.4 Å². The van der Waals surface area contributed by atoms with Crippen molar-refractivity contribution in [2.24, 2.45) is 0 Å². The van der Waals surface area contributed by atoms with E-state index in [1.165, 1.54) is 6.92 Å². The summed E-state index contributed by atoms with van der Waals surface area (Å²) in [5.41, 5.74) is 0. The average Bonchev–Trinajstić information content (AvgIpc) is 1.69. The molecule has 0 fully saturated rings. The van der Waals surface area contributed by atoms with Gasteiger partial charge in [0.2, 0.25) is 0 Å². The van der Waals surface area contributed by atoms with Gasteiger partial charge in [0, 0.05) is 0 Å². The molecule has 0 aliphatic rings. The Morgan fingerprint density at radius 3 is 2.12 bits per heavy atom. The van der Waals surface area contributed by atoms with Crippen LogP contribution >= 0.6 is 0 Å². The van der Waals surface area contributed by atoms with Crippen molar-refractivity contribution in [1.29, 1.82) is 0 Å². The summed E-state index contributed by atoms with van der Waals surface area (Å²) in [5.74, 6) is -0.0810. The van der Waals surface area contributed by atoms with E-state index in [-0.39, 0.29) is 5.78 Å². The molecule has 0 aromatic heterocycles. The topological polar surface area (TPSA) is 34.1 Å². The minimum absolute atomic E-state index is 0.0810. The summed E-state index contributed by atoms with van der Waals surface area (Å²) in [4.78, 5) is 10.4. The van der Waals surface area contributed by atoms with Gasteiger partial charge >= 0.3 is 54.7 Å². The molecule has 3 heteroatoms. The second kappa shape index (κ2) is 3.75. The van der Waals surface area contributed by atoms with Crippen LogP contribution in [0.5, 0.6) is 0 Å². The van der Waals surface area contributed by atoms with E-state index >= 15 is 0 Å². The Morgan fingerprint density at radius 1 is 1.62 bits per heavy atom. The normalized spacial score (nSPS) is 11.0. The van der Waals surface area contributed by atoms with Gasteiger partial charge in [-0.1, -0.05) is 0 Å². The Labute approximate surface area is 55.2 Å². The van der Waals surface area contributed by atoms with E-state index in [1.54, 1.807) is 13.0 Å². The first-order valence-corrected chi connectivity index (χ1v) is 3.49. The third-order valence-corrected chi connectivity index (χ3v) is 1.93. The summed E-state index contributed by atoms with van der Waals surface area (Å²) in [6.07, 6.45) is 1.59. The quantitative estimate of drug-likeness (QED) is 0.548. The van der Waals surface area contributed by atoms with Crippen molar-refractivity contribution in [2.45, 2.75) is 13.8 Å². The zero-order valence-corrected chi connectivity index (χ0v) is 6.24. The van der Waals surface area contributed by atoms with Gasteiger partial charge in [-0.3, -0.25) is 0 Å². The van der Waals surface area contributed by atoms with Crippen LogP contribution in [0.25, 0.3) is 0 Å². The van der Waals surface area contributed by atoms with Crippen molar-refractivity contribution in [3.8, 4) is 0 Å². The molecule has 0 saturated heterocycles. The Hall–Kier alpha value is -0.206. The van der Waals surface area contributed by atoms with Gasteiger partial charge in [-0.2, -0.15) is 0 Å². The van der Waals surface area contributed by atoms with Crippen LogP contribution in [-0.2, 0) is 24.7 Å². The molecule has 0 aromatic rings. The summed E-state index contributed by atoms with van der Waals surface area (Å²) in [7, 11) is 0. The first-order chi connectivity index (χ1) is 3.72. The first kappa shape index (κ1) is 7.79. The molecule has 44 valence electrons. The van der Waals surface area contributed by atoms with Crippen LogP contribution in [0.4, 0.5) is 0 Å². The van der Waals surface area contributed by atoms with Crippen molar-refractivity contribution in [3.63, 3.8) is 0 Å². The van der Waals surface area contributed by atoms with Gasteiger partial charge in [0.25, 0.3) is 0 Å². The molecule has 2 nitrogen and oxygen atoms in total. The molecular formula is C5H7O2V. The number of allylic oxidation sites excluding steroid dienone is 2. The zero-order valence-electron chi connectivity index (χ0n) is 4.84. The molecule has 0 saturated carbocycles. The second-order valence-corrected chi connectivity index (χ2v) is 2.36. The zero-order chi connectivity index (χ0) is 6.57. The van der Waals surface area contributed by atoms with Crippen LogP contribution < -0.4 is 0 Å². The average molecular weight is 150 g/mol. The number of rotatable bonds is 2. The molecule has 0 N–H and O–H groups in total. The summed E-state index contributed by atoms with van der Waals surface area (Å²) in [6.45, 7) is 3.13. The van der Waals surface area contributed by atoms with Crippen LogP contribution in [0.3, 0.4) is 0 Å². The Balaban J connectivity index is 4.13. The summed E-state index contributed by atoms with van der Waals surface area (Å²) in [5, 5.41) is 0. The Kier molecular flexibility index (Phi) is 3.66. The van der Waals surface area contributed by atoms with Gasteiger partial charge in [-0.25, -0.2) is 0 Å². The van der Waals surface area contributed by atoms with Crippen molar-refractivity contribution >= 4 is 5.78 Å². The standard InChI is InChI=1S/C5H7O.O.V/c1-3-4-5(2)6;;/h3H,1-2H3;;. The van der Waals surface area contributed by atoms with Crippen LogP contribution in [-0.4, -0.2) is 5.78 Å². The number of ketones is 1. The molecule has 0 heterocycles. The van der Waals surface area contributed by atoms with E-state index in [1.807, 2.05) is 0 Å². The molecule has 0 bridgehead atoms. The molecule has 0 aliphatic carbocycles. The van der Waals surface area contributed by atoms with Gasteiger partial charge in [0.15, 0.2) is 0 Å². The van der Waals surface area contributed by atoms with Gasteiger partial charge in [-0.05, 0) is 0 Å². The molecule has 8 heavy (non-hydrogen) atoms. The van der Waals surface area contributed by atoms with Gasteiger partial charge in [-0.15, -0.1) is 0 Å². The van der Waals surface area contributed by atoms with E-state index in [4.69, 9.17) is 0 Å². The molecule has 0 atom stereocenters. The molecule has 0 spiro atoms. The van der Waals surface area contributed by atoms with Gasteiger partial charge in [0.1, 0.15) is 0 Å². The van der Waals surface area contributed by atoms with Crippen molar-refractivity contribution in [2.75, 3.05) is 0 Å². The van der Waals surface area contributed by atoms with E-state index in [0.717, 1.165) is 0 Å².